The normalized spacial score (nSPS) is 16.4. The van der Waals surface area contributed by atoms with Crippen LogP contribution in [0.1, 0.15) is 78.1 Å². The Morgan fingerprint density at radius 3 is 1.81 bits per heavy atom. The third-order valence-corrected chi connectivity index (χ3v) is 4.67. The molecular weight excluding hydrogens is 260 g/mol. The van der Waals surface area contributed by atoms with E-state index in [9.17, 15) is 4.79 Å². The van der Waals surface area contributed by atoms with E-state index in [0.29, 0.717) is 5.91 Å². The second-order valence-corrected chi connectivity index (χ2v) is 6.39. The van der Waals surface area contributed by atoms with E-state index >= 15 is 0 Å². The molecule has 0 N–H and O–H groups in total. The van der Waals surface area contributed by atoms with Crippen molar-refractivity contribution < 1.29 is 4.79 Å². The third kappa shape index (κ3) is 8.45. The van der Waals surface area contributed by atoms with Gasteiger partial charge in [-0.05, 0) is 13.0 Å². The summed E-state index contributed by atoms with van der Waals surface area (Å²) >= 11 is 0. The van der Waals surface area contributed by atoms with Crippen LogP contribution in [0.5, 0.6) is 0 Å². The van der Waals surface area contributed by atoms with Crippen molar-refractivity contribution in [3.05, 3.63) is 0 Å². The van der Waals surface area contributed by atoms with Crippen LogP contribution in [0, 0.1) is 0 Å². The van der Waals surface area contributed by atoms with Gasteiger partial charge in [0.15, 0.2) is 0 Å². The number of rotatable bonds is 11. The maximum Gasteiger partial charge on any atom is 0.222 e. The Labute approximate surface area is 132 Å². The van der Waals surface area contributed by atoms with E-state index in [1.807, 2.05) is 0 Å². The molecule has 3 nitrogen and oxygen atoms in total. The van der Waals surface area contributed by atoms with Gasteiger partial charge in [0.25, 0.3) is 0 Å². The number of amides is 1. The highest BCUT2D eigenvalue weighted by atomic mass is 16.2. The first-order chi connectivity index (χ1) is 10.3. The minimum Gasteiger partial charge on any atom is -0.340 e. The summed E-state index contributed by atoms with van der Waals surface area (Å²) < 4.78 is 0. The molecule has 1 saturated heterocycles. The van der Waals surface area contributed by atoms with Crippen molar-refractivity contribution >= 4 is 5.91 Å². The molecule has 0 bridgehead atoms. The molecule has 0 spiro atoms. The van der Waals surface area contributed by atoms with Gasteiger partial charge in [-0.2, -0.15) is 0 Å². The van der Waals surface area contributed by atoms with Crippen LogP contribution in [0.25, 0.3) is 0 Å². The second-order valence-electron chi connectivity index (χ2n) is 6.39. The van der Waals surface area contributed by atoms with Crippen LogP contribution >= 0.6 is 0 Å². The fraction of sp³-hybridized carbons (Fsp3) is 0.944. The predicted molar refractivity (Wildman–Crippen MR) is 90.5 cm³/mol. The summed E-state index contributed by atoms with van der Waals surface area (Å²) in [5.74, 6) is 0.383. The Morgan fingerprint density at radius 1 is 0.762 bits per heavy atom. The Kier molecular flexibility index (Phi) is 10.6. The molecule has 1 amide bonds. The van der Waals surface area contributed by atoms with Crippen molar-refractivity contribution in [2.45, 2.75) is 78.1 Å². The molecule has 1 heterocycles. The molecule has 3 heteroatoms. The zero-order valence-electron chi connectivity index (χ0n) is 14.4. The number of hydrogen-bond donors (Lipinski definition) is 0. The molecular formula is C18H36N2O. The molecule has 0 aromatic rings. The van der Waals surface area contributed by atoms with Crippen LogP contribution in [0.2, 0.25) is 0 Å². The van der Waals surface area contributed by atoms with Crippen molar-refractivity contribution in [2.75, 3.05) is 32.7 Å². The summed E-state index contributed by atoms with van der Waals surface area (Å²) in [6.07, 6.45) is 12.6. The molecule has 0 aromatic carbocycles. The van der Waals surface area contributed by atoms with E-state index in [-0.39, 0.29) is 0 Å². The molecule has 0 aliphatic carbocycles. The van der Waals surface area contributed by atoms with Crippen molar-refractivity contribution in [3.63, 3.8) is 0 Å². The van der Waals surface area contributed by atoms with Crippen LogP contribution in [-0.4, -0.2) is 48.4 Å². The number of carbonyl (C=O) groups excluding carboxylic acids is 1. The van der Waals surface area contributed by atoms with E-state index in [4.69, 9.17) is 0 Å². The lowest BCUT2D eigenvalue weighted by atomic mass is 10.1. The third-order valence-electron chi connectivity index (χ3n) is 4.67. The Bertz CT molecular complexity index is 260. The van der Waals surface area contributed by atoms with Gasteiger partial charge < -0.3 is 9.80 Å². The first-order valence-corrected chi connectivity index (χ1v) is 9.28. The molecule has 1 rings (SSSR count). The van der Waals surface area contributed by atoms with Crippen LogP contribution in [-0.2, 0) is 4.79 Å². The zero-order valence-corrected chi connectivity index (χ0v) is 14.4. The van der Waals surface area contributed by atoms with Gasteiger partial charge in [0.05, 0.1) is 0 Å². The standard InChI is InChI=1S/C18H36N2O/c1-3-5-6-7-8-9-10-11-12-13-18(21)20-16-14-19(4-2)15-17-20/h3-17H2,1-2H3. The SMILES string of the molecule is CCCCCCCCCCCC(=O)N1CCN(CC)CC1. The van der Waals surface area contributed by atoms with Gasteiger partial charge in [0.2, 0.25) is 5.91 Å². The number of unbranched alkanes of at least 4 members (excludes halogenated alkanes) is 8. The lowest BCUT2D eigenvalue weighted by molar-refractivity contribution is -0.133. The number of hydrogen-bond acceptors (Lipinski definition) is 2. The first kappa shape index (κ1) is 18.5. The topological polar surface area (TPSA) is 23.6 Å². The Balaban J connectivity index is 1.92. The van der Waals surface area contributed by atoms with E-state index in [0.717, 1.165) is 45.6 Å². The molecule has 0 aromatic heterocycles. The molecule has 124 valence electrons. The largest absolute Gasteiger partial charge is 0.340 e. The van der Waals surface area contributed by atoms with Crippen molar-refractivity contribution in [1.29, 1.82) is 0 Å². The van der Waals surface area contributed by atoms with Crippen LogP contribution in [0.4, 0.5) is 0 Å². The molecule has 1 aliphatic heterocycles. The van der Waals surface area contributed by atoms with Gasteiger partial charge in [0, 0.05) is 32.6 Å². The average molecular weight is 296 g/mol. The number of likely N-dealkylation sites (N-methyl/N-ethyl adjacent to an activating group) is 1. The van der Waals surface area contributed by atoms with E-state index in [2.05, 4.69) is 23.6 Å². The van der Waals surface area contributed by atoms with E-state index < -0.39 is 0 Å². The number of nitrogens with zero attached hydrogens (tertiary/aromatic N) is 2. The highest BCUT2D eigenvalue weighted by Crippen LogP contribution is 2.12. The summed E-state index contributed by atoms with van der Waals surface area (Å²) in [5.41, 5.74) is 0. The quantitative estimate of drug-likeness (QED) is 0.537. The van der Waals surface area contributed by atoms with Gasteiger partial charge in [-0.1, -0.05) is 65.2 Å². The van der Waals surface area contributed by atoms with E-state index in [1.165, 1.54) is 51.4 Å². The minimum absolute atomic E-state index is 0.383. The molecule has 0 unspecified atom stereocenters. The lowest BCUT2D eigenvalue weighted by Crippen LogP contribution is -2.48. The Morgan fingerprint density at radius 2 is 1.29 bits per heavy atom. The summed E-state index contributed by atoms with van der Waals surface area (Å²) in [4.78, 5) is 16.6. The Hall–Kier alpha value is -0.570. The molecule has 1 fully saturated rings. The van der Waals surface area contributed by atoms with E-state index in [1.54, 1.807) is 0 Å². The fourth-order valence-corrected chi connectivity index (χ4v) is 3.06. The molecule has 1 aliphatic rings. The molecule has 0 atom stereocenters. The van der Waals surface area contributed by atoms with Gasteiger partial charge in [0.1, 0.15) is 0 Å². The van der Waals surface area contributed by atoms with Crippen molar-refractivity contribution in [3.8, 4) is 0 Å². The summed E-state index contributed by atoms with van der Waals surface area (Å²) in [5, 5.41) is 0. The van der Waals surface area contributed by atoms with Crippen LogP contribution < -0.4 is 0 Å². The lowest BCUT2D eigenvalue weighted by Gasteiger charge is -2.34. The first-order valence-electron chi connectivity index (χ1n) is 9.28. The zero-order chi connectivity index (χ0) is 15.3. The summed E-state index contributed by atoms with van der Waals surface area (Å²) in [6.45, 7) is 9.55. The maximum atomic E-state index is 12.1. The van der Waals surface area contributed by atoms with Crippen LogP contribution in [0.15, 0.2) is 0 Å². The van der Waals surface area contributed by atoms with Crippen LogP contribution in [0.3, 0.4) is 0 Å². The predicted octanol–water partition coefficient (Wildman–Crippen LogP) is 4.07. The summed E-state index contributed by atoms with van der Waals surface area (Å²) in [6, 6.07) is 0. The minimum atomic E-state index is 0.383. The van der Waals surface area contributed by atoms with Gasteiger partial charge >= 0.3 is 0 Å². The van der Waals surface area contributed by atoms with Crippen molar-refractivity contribution in [2.24, 2.45) is 0 Å². The highest BCUT2D eigenvalue weighted by molar-refractivity contribution is 5.76. The molecule has 0 saturated carbocycles. The number of piperazine rings is 1. The number of carbonyl (C=O) groups is 1. The summed E-state index contributed by atoms with van der Waals surface area (Å²) in [7, 11) is 0. The van der Waals surface area contributed by atoms with Crippen molar-refractivity contribution in [1.82, 2.24) is 9.80 Å². The smallest absolute Gasteiger partial charge is 0.222 e. The van der Waals surface area contributed by atoms with Gasteiger partial charge in [-0.3, -0.25) is 4.79 Å². The monoisotopic (exact) mass is 296 g/mol. The maximum absolute atomic E-state index is 12.1. The second kappa shape index (κ2) is 12.0. The molecule has 0 radical (unpaired) electrons. The van der Waals surface area contributed by atoms with Gasteiger partial charge in [-0.25, -0.2) is 0 Å². The highest BCUT2D eigenvalue weighted by Gasteiger charge is 2.19. The fourth-order valence-electron chi connectivity index (χ4n) is 3.06. The van der Waals surface area contributed by atoms with Gasteiger partial charge in [-0.15, -0.1) is 0 Å². The molecule has 21 heavy (non-hydrogen) atoms. The average Bonchev–Trinajstić information content (AvgIpc) is 2.53.